The zero-order valence-electron chi connectivity index (χ0n) is 15.5. The summed E-state index contributed by atoms with van der Waals surface area (Å²) in [5.74, 6) is 0. The smallest absolute Gasteiger partial charge is 0.119 e. The number of rotatable bonds is 6. The first kappa shape index (κ1) is 17.5. The van der Waals surface area contributed by atoms with E-state index in [2.05, 4.69) is 43.1 Å². The van der Waals surface area contributed by atoms with Gasteiger partial charge in [-0.05, 0) is 30.5 Å². The van der Waals surface area contributed by atoms with Crippen molar-refractivity contribution in [3.8, 4) is 0 Å². The number of anilines is 2. The van der Waals surface area contributed by atoms with Crippen LogP contribution >= 0.6 is 0 Å². The van der Waals surface area contributed by atoms with Crippen molar-refractivity contribution in [3.63, 3.8) is 0 Å². The molecule has 5 nitrogen and oxygen atoms in total. The summed E-state index contributed by atoms with van der Waals surface area (Å²) in [6.07, 6.45) is 2.72. The molecule has 2 heterocycles. The second-order valence-electron chi connectivity index (χ2n) is 8.25. The minimum atomic E-state index is 0.367. The summed E-state index contributed by atoms with van der Waals surface area (Å²) in [6, 6.07) is 6.33. The third kappa shape index (κ3) is 4.62. The maximum atomic E-state index is 5.95. The van der Waals surface area contributed by atoms with Gasteiger partial charge in [-0.25, -0.2) is 0 Å². The summed E-state index contributed by atoms with van der Waals surface area (Å²) in [5.41, 5.74) is 9.62. The predicted molar refractivity (Wildman–Crippen MR) is 100 cm³/mol. The van der Waals surface area contributed by atoms with E-state index in [-0.39, 0.29) is 0 Å². The van der Waals surface area contributed by atoms with Crippen LogP contribution in [-0.4, -0.2) is 82.5 Å². The number of benzene rings is 1. The first-order valence-corrected chi connectivity index (χ1v) is 9.18. The van der Waals surface area contributed by atoms with Crippen LogP contribution in [0.5, 0.6) is 0 Å². The molecule has 2 N–H and O–H groups in total. The predicted octanol–water partition coefficient (Wildman–Crippen LogP) is 1.43. The summed E-state index contributed by atoms with van der Waals surface area (Å²) >= 11 is 0. The van der Waals surface area contributed by atoms with Crippen molar-refractivity contribution in [1.29, 1.82) is 0 Å². The number of nitrogens with two attached hydrogens (primary N) is 1. The van der Waals surface area contributed by atoms with Gasteiger partial charge >= 0.3 is 0 Å². The molecule has 1 aromatic rings. The Bertz CT molecular complexity index is 555. The fraction of sp³-hybridized carbons (Fsp3) is 0.684. The van der Waals surface area contributed by atoms with Gasteiger partial charge in [0.25, 0.3) is 0 Å². The van der Waals surface area contributed by atoms with E-state index in [1.54, 1.807) is 0 Å². The lowest BCUT2D eigenvalue weighted by Gasteiger charge is -2.36. The molecule has 0 spiro atoms. The topological polar surface area (TPSA) is 41.7 Å². The van der Waals surface area contributed by atoms with Gasteiger partial charge in [0.1, 0.15) is 12.6 Å². The van der Waals surface area contributed by atoms with Crippen LogP contribution in [0, 0.1) is 0 Å². The first-order chi connectivity index (χ1) is 11.4. The van der Waals surface area contributed by atoms with E-state index in [1.165, 1.54) is 17.7 Å². The molecule has 0 bridgehead atoms. The Labute approximate surface area is 146 Å². The van der Waals surface area contributed by atoms with Crippen LogP contribution in [0.1, 0.15) is 12.0 Å². The lowest BCUT2D eigenvalue weighted by molar-refractivity contribution is -0.873. The number of quaternary nitrogens is 1. The molecule has 2 aliphatic rings. The maximum absolute atomic E-state index is 5.95. The van der Waals surface area contributed by atoms with E-state index in [1.807, 2.05) is 6.07 Å². The maximum Gasteiger partial charge on any atom is 0.119 e. The third-order valence-electron chi connectivity index (χ3n) is 4.98. The van der Waals surface area contributed by atoms with Gasteiger partial charge in [-0.1, -0.05) is 6.07 Å². The molecular formula is C19H33N4O+. The summed E-state index contributed by atoms with van der Waals surface area (Å²) in [5, 5.41) is 0. The van der Waals surface area contributed by atoms with Gasteiger partial charge in [0.2, 0.25) is 0 Å². The van der Waals surface area contributed by atoms with Crippen LogP contribution < -0.4 is 10.6 Å². The Morgan fingerprint density at radius 2 is 2.04 bits per heavy atom. The highest BCUT2D eigenvalue weighted by atomic mass is 16.5. The molecule has 0 saturated carbocycles. The van der Waals surface area contributed by atoms with Gasteiger partial charge in [-0.2, -0.15) is 0 Å². The highest BCUT2D eigenvalue weighted by Crippen LogP contribution is 2.29. The molecule has 0 aliphatic carbocycles. The zero-order chi connectivity index (χ0) is 17.2. The van der Waals surface area contributed by atoms with Gasteiger partial charge in [0, 0.05) is 44.1 Å². The number of hydrogen-bond acceptors (Lipinski definition) is 4. The van der Waals surface area contributed by atoms with Gasteiger partial charge in [-0.15, -0.1) is 0 Å². The molecule has 134 valence electrons. The first-order valence-electron chi connectivity index (χ1n) is 9.18. The minimum absolute atomic E-state index is 0.367. The number of morpholine rings is 1. The number of fused-ring (bicyclic) bond motifs is 1. The summed E-state index contributed by atoms with van der Waals surface area (Å²) in [7, 11) is 6.70. The lowest BCUT2D eigenvalue weighted by atomic mass is 10.1. The molecule has 1 aromatic carbocycles. The molecular weight excluding hydrogens is 300 g/mol. The lowest BCUT2D eigenvalue weighted by Crippen LogP contribution is -2.51. The monoisotopic (exact) mass is 333 g/mol. The van der Waals surface area contributed by atoms with Crippen LogP contribution in [0.3, 0.4) is 0 Å². The molecule has 1 fully saturated rings. The molecule has 0 amide bonds. The average molecular weight is 334 g/mol. The summed E-state index contributed by atoms with van der Waals surface area (Å²) in [6.45, 7) is 7.49. The fourth-order valence-corrected chi connectivity index (χ4v) is 3.88. The van der Waals surface area contributed by atoms with Crippen LogP contribution in [-0.2, 0) is 11.2 Å². The zero-order valence-corrected chi connectivity index (χ0v) is 15.5. The largest absolute Gasteiger partial charge is 0.399 e. The molecule has 24 heavy (non-hydrogen) atoms. The molecule has 5 heteroatoms. The van der Waals surface area contributed by atoms with Crippen LogP contribution in [0.15, 0.2) is 18.2 Å². The molecule has 0 aromatic heterocycles. The quantitative estimate of drug-likeness (QED) is 0.632. The van der Waals surface area contributed by atoms with E-state index < -0.39 is 0 Å². The van der Waals surface area contributed by atoms with Crippen molar-refractivity contribution >= 4 is 11.4 Å². The third-order valence-corrected chi connectivity index (χ3v) is 4.98. The van der Waals surface area contributed by atoms with Crippen molar-refractivity contribution in [2.75, 3.05) is 77.7 Å². The van der Waals surface area contributed by atoms with Crippen LogP contribution in [0.25, 0.3) is 0 Å². The molecule has 1 atom stereocenters. The average Bonchev–Trinajstić information content (AvgIpc) is 2.88. The van der Waals surface area contributed by atoms with E-state index in [4.69, 9.17) is 10.5 Å². The molecule has 1 unspecified atom stereocenters. The van der Waals surface area contributed by atoms with Crippen LogP contribution in [0.4, 0.5) is 11.4 Å². The minimum Gasteiger partial charge on any atom is -0.399 e. The highest BCUT2D eigenvalue weighted by Gasteiger charge is 2.25. The summed E-state index contributed by atoms with van der Waals surface area (Å²) in [4.78, 5) is 5.07. The number of ether oxygens (including phenoxy) is 1. The van der Waals surface area contributed by atoms with Gasteiger partial charge in [0.05, 0.1) is 27.7 Å². The van der Waals surface area contributed by atoms with E-state index in [0.717, 1.165) is 62.5 Å². The highest BCUT2D eigenvalue weighted by molar-refractivity contribution is 5.64. The van der Waals surface area contributed by atoms with Crippen molar-refractivity contribution in [2.24, 2.45) is 0 Å². The van der Waals surface area contributed by atoms with Crippen molar-refractivity contribution in [2.45, 2.75) is 18.9 Å². The van der Waals surface area contributed by atoms with E-state index in [9.17, 15) is 0 Å². The van der Waals surface area contributed by atoms with Crippen molar-refractivity contribution in [3.05, 3.63) is 23.8 Å². The van der Waals surface area contributed by atoms with Crippen molar-refractivity contribution < 1.29 is 9.22 Å². The SMILES string of the molecule is C[N+](C)(C)CC1CN(CCCN2CCc3ccc(N)cc32)CCO1. The Hall–Kier alpha value is -1.30. The molecule has 2 aliphatic heterocycles. The van der Waals surface area contributed by atoms with Gasteiger partial charge < -0.3 is 19.9 Å². The van der Waals surface area contributed by atoms with E-state index >= 15 is 0 Å². The Balaban J connectivity index is 1.45. The number of nitrogen functional groups attached to an aromatic ring is 1. The Morgan fingerprint density at radius 3 is 2.83 bits per heavy atom. The molecule has 1 saturated heterocycles. The standard InChI is InChI=1S/C19H33N4O/c1-23(2,3)15-18-14-21(11-12-24-18)8-4-9-22-10-7-16-5-6-17(20)13-19(16)22/h5-6,13,18H,4,7-12,14-15,20H2,1-3H3/q+1. The Morgan fingerprint density at radius 1 is 1.21 bits per heavy atom. The van der Waals surface area contributed by atoms with Crippen LogP contribution in [0.2, 0.25) is 0 Å². The second-order valence-corrected chi connectivity index (χ2v) is 8.25. The molecule has 3 rings (SSSR count). The van der Waals surface area contributed by atoms with E-state index in [0.29, 0.717) is 6.10 Å². The van der Waals surface area contributed by atoms with Gasteiger partial charge in [0.15, 0.2) is 0 Å². The molecule has 0 radical (unpaired) electrons. The second kappa shape index (κ2) is 7.30. The summed E-state index contributed by atoms with van der Waals surface area (Å²) < 4.78 is 6.90. The normalized spacial score (nSPS) is 22.0. The fourth-order valence-electron chi connectivity index (χ4n) is 3.88. The Kier molecular flexibility index (Phi) is 5.33. The number of likely N-dealkylation sites (N-methyl/N-ethyl adjacent to an activating group) is 1. The van der Waals surface area contributed by atoms with Gasteiger partial charge in [-0.3, -0.25) is 4.90 Å². The number of nitrogens with zero attached hydrogens (tertiary/aromatic N) is 3. The van der Waals surface area contributed by atoms with Crippen molar-refractivity contribution in [1.82, 2.24) is 4.90 Å². The number of hydrogen-bond donors (Lipinski definition) is 1.